The van der Waals surface area contributed by atoms with Crippen LogP contribution in [0.25, 0.3) is 0 Å². The first-order chi connectivity index (χ1) is 6.11. The SMILES string of the molecule is CC(C)COC(=O)c1csnc1[O]. The van der Waals surface area contributed by atoms with E-state index in [-0.39, 0.29) is 11.5 Å². The van der Waals surface area contributed by atoms with Gasteiger partial charge in [0.25, 0.3) is 5.88 Å². The first kappa shape index (κ1) is 9.98. The number of nitrogens with zero attached hydrogens (tertiary/aromatic N) is 1. The van der Waals surface area contributed by atoms with Crippen LogP contribution >= 0.6 is 11.5 Å². The third-order valence-electron chi connectivity index (χ3n) is 1.30. The molecule has 0 aliphatic rings. The van der Waals surface area contributed by atoms with Gasteiger partial charge in [0.15, 0.2) is 0 Å². The molecule has 1 heterocycles. The van der Waals surface area contributed by atoms with Gasteiger partial charge in [0.1, 0.15) is 5.56 Å². The quantitative estimate of drug-likeness (QED) is 0.702. The van der Waals surface area contributed by atoms with Crippen LogP contribution in [0.1, 0.15) is 24.2 Å². The van der Waals surface area contributed by atoms with Crippen LogP contribution in [-0.4, -0.2) is 16.9 Å². The zero-order valence-electron chi connectivity index (χ0n) is 7.44. The van der Waals surface area contributed by atoms with Crippen molar-refractivity contribution in [2.45, 2.75) is 13.8 Å². The molecule has 0 saturated carbocycles. The van der Waals surface area contributed by atoms with Gasteiger partial charge in [-0.1, -0.05) is 13.8 Å². The van der Waals surface area contributed by atoms with Gasteiger partial charge >= 0.3 is 5.97 Å². The number of hydrogen-bond donors (Lipinski definition) is 0. The molecular weight excluding hydrogens is 190 g/mol. The molecule has 0 aliphatic heterocycles. The largest absolute Gasteiger partial charge is 0.462 e. The summed E-state index contributed by atoms with van der Waals surface area (Å²) in [6.45, 7) is 4.18. The summed E-state index contributed by atoms with van der Waals surface area (Å²) >= 11 is 0.965. The Labute approximate surface area is 80.3 Å². The van der Waals surface area contributed by atoms with Crippen molar-refractivity contribution in [1.82, 2.24) is 4.37 Å². The van der Waals surface area contributed by atoms with E-state index < -0.39 is 11.8 Å². The summed E-state index contributed by atoms with van der Waals surface area (Å²) in [6, 6.07) is 0. The van der Waals surface area contributed by atoms with Gasteiger partial charge in [-0.2, -0.15) is 4.37 Å². The molecule has 0 N–H and O–H groups in total. The van der Waals surface area contributed by atoms with E-state index in [4.69, 9.17) is 4.74 Å². The molecule has 0 unspecified atom stereocenters. The number of ether oxygens (including phenoxy) is 1. The topological polar surface area (TPSA) is 59.1 Å². The number of esters is 1. The number of rotatable bonds is 3. The van der Waals surface area contributed by atoms with Crippen molar-refractivity contribution in [3.8, 4) is 5.88 Å². The molecule has 1 aromatic rings. The number of carbonyl (C=O) groups is 1. The molecule has 5 heteroatoms. The predicted molar refractivity (Wildman–Crippen MR) is 47.4 cm³/mol. The van der Waals surface area contributed by atoms with Crippen molar-refractivity contribution < 1.29 is 14.6 Å². The lowest BCUT2D eigenvalue weighted by atomic mass is 10.2. The maximum atomic E-state index is 11.2. The molecule has 4 nitrogen and oxygen atoms in total. The molecule has 0 bridgehead atoms. The fourth-order valence-electron chi connectivity index (χ4n) is 0.682. The summed E-state index contributed by atoms with van der Waals surface area (Å²) in [6.07, 6.45) is 0. The summed E-state index contributed by atoms with van der Waals surface area (Å²) in [7, 11) is 0. The van der Waals surface area contributed by atoms with Gasteiger partial charge in [0, 0.05) is 5.38 Å². The normalized spacial score (nSPS) is 10.4. The first-order valence-corrected chi connectivity index (χ1v) is 4.73. The summed E-state index contributed by atoms with van der Waals surface area (Å²) < 4.78 is 8.31. The van der Waals surface area contributed by atoms with Crippen LogP contribution in [0.15, 0.2) is 5.38 Å². The minimum Gasteiger partial charge on any atom is -0.462 e. The average Bonchev–Trinajstić information content (AvgIpc) is 2.47. The predicted octanol–water partition coefficient (Wildman–Crippen LogP) is 2.10. The molecule has 1 aromatic heterocycles. The second-order valence-corrected chi connectivity index (χ2v) is 3.65. The van der Waals surface area contributed by atoms with Crippen LogP contribution in [0.3, 0.4) is 0 Å². The van der Waals surface area contributed by atoms with E-state index in [1.807, 2.05) is 13.8 Å². The molecule has 1 rings (SSSR count). The molecule has 13 heavy (non-hydrogen) atoms. The number of hydrogen-bond acceptors (Lipinski definition) is 4. The van der Waals surface area contributed by atoms with Gasteiger partial charge in [-0.15, -0.1) is 0 Å². The molecule has 0 atom stereocenters. The summed E-state index contributed by atoms with van der Waals surface area (Å²) in [5.74, 6) is -0.808. The first-order valence-electron chi connectivity index (χ1n) is 3.89. The summed E-state index contributed by atoms with van der Waals surface area (Å²) in [5.41, 5.74) is 0.0330. The van der Waals surface area contributed by atoms with E-state index in [2.05, 4.69) is 4.37 Å². The lowest BCUT2D eigenvalue weighted by Gasteiger charge is -2.04. The van der Waals surface area contributed by atoms with Crippen LogP contribution in [0.4, 0.5) is 0 Å². The molecule has 0 amide bonds. The fourth-order valence-corrected chi connectivity index (χ4v) is 1.23. The van der Waals surface area contributed by atoms with Gasteiger partial charge in [-0.3, -0.25) is 5.11 Å². The molecule has 1 radical (unpaired) electrons. The van der Waals surface area contributed by atoms with Crippen LogP contribution in [0, 0.1) is 5.92 Å². The highest BCUT2D eigenvalue weighted by atomic mass is 32.1. The van der Waals surface area contributed by atoms with Crippen LogP contribution in [-0.2, 0) is 9.84 Å². The Morgan fingerprint density at radius 3 is 2.85 bits per heavy atom. The van der Waals surface area contributed by atoms with Gasteiger partial charge < -0.3 is 4.74 Å². The highest BCUT2D eigenvalue weighted by molar-refractivity contribution is 7.04. The monoisotopic (exact) mass is 200 g/mol. The Morgan fingerprint density at radius 1 is 1.69 bits per heavy atom. The molecule has 71 valence electrons. The van der Waals surface area contributed by atoms with Crippen LogP contribution in [0.2, 0.25) is 0 Å². The van der Waals surface area contributed by atoms with Gasteiger partial charge in [0.2, 0.25) is 0 Å². The molecule has 0 aromatic carbocycles. The Kier molecular flexibility index (Phi) is 3.25. The van der Waals surface area contributed by atoms with Crippen molar-refractivity contribution in [1.29, 1.82) is 0 Å². The second-order valence-electron chi connectivity index (χ2n) is 3.03. The number of aromatic nitrogens is 1. The zero-order valence-corrected chi connectivity index (χ0v) is 8.26. The van der Waals surface area contributed by atoms with Crippen LogP contribution < -0.4 is 0 Å². The van der Waals surface area contributed by atoms with E-state index in [0.29, 0.717) is 6.61 Å². The molecule has 0 fully saturated rings. The van der Waals surface area contributed by atoms with E-state index in [1.54, 1.807) is 0 Å². The van der Waals surface area contributed by atoms with Crippen molar-refractivity contribution in [3.63, 3.8) is 0 Å². The highest BCUT2D eigenvalue weighted by Crippen LogP contribution is 2.18. The standard InChI is InChI=1S/C8H10NO3S/c1-5(2)3-12-8(11)6-4-13-9-7(6)10/h4-5H,3H2,1-2H3. The lowest BCUT2D eigenvalue weighted by molar-refractivity contribution is 0.0454. The van der Waals surface area contributed by atoms with E-state index in [9.17, 15) is 9.90 Å². The van der Waals surface area contributed by atoms with E-state index in [1.165, 1.54) is 5.38 Å². The summed E-state index contributed by atoms with van der Waals surface area (Å²) in [5, 5.41) is 12.3. The summed E-state index contributed by atoms with van der Waals surface area (Å²) in [4.78, 5) is 11.2. The van der Waals surface area contributed by atoms with Crippen molar-refractivity contribution in [2.24, 2.45) is 5.92 Å². The molecule has 0 aliphatic carbocycles. The van der Waals surface area contributed by atoms with Gasteiger partial charge in [-0.05, 0) is 17.5 Å². The highest BCUT2D eigenvalue weighted by Gasteiger charge is 2.16. The number of carbonyl (C=O) groups excluding carboxylic acids is 1. The Morgan fingerprint density at radius 2 is 2.38 bits per heavy atom. The van der Waals surface area contributed by atoms with E-state index in [0.717, 1.165) is 11.5 Å². The second kappa shape index (κ2) is 4.23. The third-order valence-corrected chi connectivity index (χ3v) is 1.92. The van der Waals surface area contributed by atoms with Crippen molar-refractivity contribution >= 4 is 17.5 Å². The minimum atomic E-state index is -0.576. The molecule has 0 spiro atoms. The maximum Gasteiger partial charge on any atom is 0.344 e. The minimum absolute atomic E-state index is 0.0330. The molecular formula is C8H10NO3S. The lowest BCUT2D eigenvalue weighted by Crippen LogP contribution is -2.09. The molecule has 0 saturated heterocycles. The Balaban J connectivity index is 2.54. The Bertz CT molecular complexity index is 295. The Hall–Kier alpha value is -1.10. The van der Waals surface area contributed by atoms with Gasteiger partial charge in [-0.25, -0.2) is 4.79 Å². The smallest absolute Gasteiger partial charge is 0.344 e. The average molecular weight is 200 g/mol. The maximum absolute atomic E-state index is 11.2. The van der Waals surface area contributed by atoms with E-state index >= 15 is 0 Å². The fraction of sp³-hybridized carbons (Fsp3) is 0.500. The van der Waals surface area contributed by atoms with Crippen LogP contribution in [0.5, 0.6) is 5.88 Å². The van der Waals surface area contributed by atoms with Crippen molar-refractivity contribution in [2.75, 3.05) is 6.61 Å². The third kappa shape index (κ3) is 2.69. The van der Waals surface area contributed by atoms with Crippen molar-refractivity contribution in [3.05, 3.63) is 10.9 Å². The zero-order chi connectivity index (χ0) is 9.84. The van der Waals surface area contributed by atoms with Gasteiger partial charge in [0.05, 0.1) is 6.61 Å².